The van der Waals surface area contributed by atoms with Crippen molar-refractivity contribution in [3.63, 3.8) is 0 Å². The molecule has 0 aliphatic rings. The summed E-state index contributed by atoms with van der Waals surface area (Å²) < 4.78 is 5.35. The number of benzene rings is 1. The van der Waals surface area contributed by atoms with Crippen molar-refractivity contribution < 1.29 is 4.74 Å². The molecule has 3 nitrogen and oxygen atoms in total. The maximum Gasteiger partial charge on any atom is 0.122 e. The number of hydrogen-bond donors (Lipinski definition) is 1. The number of aryl methyl sites for hydroxylation is 1. The first kappa shape index (κ1) is 15.0. The standard InChI is InChI=1S/C15H26N2O/c1-5-14-8-13(6-7-15(14)18-4)11-17(3)10-12(2)9-16/h6-8,12H,5,9-11,16H2,1-4H3. The Hall–Kier alpha value is -1.06. The summed E-state index contributed by atoms with van der Waals surface area (Å²) in [5, 5.41) is 0. The summed E-state index contributed by atoms with van der Waals surface area (Å²) in [6.45, 7) is 7.07. The third-order valence-electron chi connectivity index (χ3n) is 3.20. The molecule has 18 heavy (non-hydrogen) atoms. The first-order valence-corrected chi connectivity index (χ1v) is 6.65. The van der Waals surface area contributed by atoms with E-state index in [9.17, 15) is 0 Å². The Morgan fingerprint density at radius 1 is 1.39 bits per heavy atom. The van der Waals surface area contributed by atoms with Crippen LogP contribution in [0.2, 0.25) is 0 Å². The van der Waals surface area contributed by atoms with Crippen LogP contribution in [-0.2, 0) is 13.0 Å². The summed E-state index contributed by atoms with van der Waals surface area (Å²) in [4.78, 5) is 2.32. The van der Waals surface area contributed by atoms with Crippen LogP contribution in [0.15, 0.2) is 18.2 Å². The van der Waals surface area contributed by atoms with Gasteiger partial charge < -0.3 is 15.4 Å². The van der Waals surface area contributed by atoms with Gasteiger partial charge in [-0.1, -0.05) is 26.0 Å². The minimum Gasteiger partial charge on any atom is -0.496 e. The van der Waals surface area contributed by atoms with E-state index in [0.29, 0.717) is 5.92 Å². The molecule has 0 aliphatic carbocycles. The molecule has 1 aromatic rings. The fourth-order valence-electron chi connectivity index (χ4n) is 2.19. The van der Waals surface area contributed by atoms with Crippen LogP contribution in [0, 0.1) is 5.92 Å². The molecule has 0 aromatic heterocycles. The van der Waals surface area contributed by atoms with E-state index in [1.54, 1.807) is 7.11 Å². The van der Waals surface area contributed by atoms with Crippen LogP contribution < -0.4 is 10.5 Å². The third kappa shape index (κ3) is 4.31. The zero-order valence-electron chi connectivity index (χ0n) is 12.1. The fourth-order valence-corrected chi connectivity index (χ4v) is 2.19. The minimum absolute atomic E-state index is 0.541. The van der Waals surface area contributed by atoms with Gasteiger partial charge in [-0.3, -0.25) is 0 Å². The summed E-state index contributed by atoms with van der Waals surface area (Å²) in [7, 11) is 3.87. The van der Waals surface area contributed by atoms with Crippen molar-refractivity contribution in [3.05, 3.63) is 29.3 Å². The van der Waals surface area contributed by atoms with Gasteiger partial charge in [0.25, 0.3) is 0 Å². The first-order valence-electron chi connectivity index (χ1n) is 6.65. The Labute approximate surface area is 111 Å². The van der Waals surface area contributed by atoms with E-state index in [0.717, 1.165) is 31.8 Å². The molecule has 1 aromatic carbocycles. The minimum atomic E-state index is 0.541. The van der Waals surface area contributed by atoms with Gasteiger partial charge in [-0.05, 0) is 43.1 Å². The zero-order valence-corrected chi connectivity index (χ0v) is 12.1. The fraction of sp³-hybridized carbons (Fsp3) is 0.600. The summed E-state index contributed by atoms with van der Waals surface area (Å²) in [5.41, 5.74) is 8.26. The van der Waals surface area contributed by atoms with Crippen LogP contribution in [0.4, 0.5) is 0 Å². The third-order valence-corrected chi connectivity index (χ3v) is 3.20. The molecule has 0 radical (unpaired) electrons. The average molecular weight is 250 g/mol. The molecule has 1 rings (SSSR count). The molecular formula is C15H26N2O. The molecule has 102 valence electrons. The van der Waals surface area contributed by atoms with Gasteiger partial charge in [-0.25, -0.2) is 0 Å². The lowest BCUT2D eigenvalue weighted by Crippen LogP contribution is -2.28. The largest absolute Gasteiger partial charge is 0.496 e. The van der Waals surface area contributed by atoms with E-state index in [-0.39, 0.29) is 0 Å². The van der Waals surface area contributed by atoms with Gasteiger partial charge in [0.05, 0.1) is 7.11 Å². The van der Waals surface area contributed by atoms with Gasteiger partial charge in [0.1, 0.15) is 5.75 Å². The van der Waals surface area contributed by atoms with Crippen molar-refractivity contribution in [1.82, 2.24) is 4.90 Å². The van der Waals surface area contributed by atoms with Crippen LogP contribution in [-0.4, -0.2) is 32.1 Å². The predicted octanol–water partition coefficient (Wildman–Crippen LogP) is 2.28. The van der Waals surface area contributed by atoms with Crippen LogP contribution in [0.25, 0.3) is 0 Å². The van der Waals surface area contributed by atoms with Crippen LogP contribution in [0.1, 0.15) is 25.0 Å². The Balaban J connectivity index is 2.67. The molecule has 0 saturated heterocycles. The number of rotatable bonds is 7. The van der Waals surface area contributed by atoms with Gasteiger partial charge in [-0.15, -0.1) is 0 Å². The number of nitrogens with zero attached hydrogens (tertiary/aromatic N) is 1. The van der Waals surface area contributed by atoms with Crippen molar-refractivity contribution >= 4 is 0 Å². The molecule has 0 fully saturated rings. The van der Waals surface area contributed by atoms with E-state index < -0.39 is 0 Å². The molecule has 0 aliphatic heterocycles. The first-order chi connectivity index (χ1) is 8.60. The number of ether oxygens (including phenoxy) is 1. The average Bonchev–Trinajstić information content (AvgIpc) is 2.38. The molecule has 0 saturated carbocycles. The molecule has 0 spiro atoms. The van der Waals surface area contributed by atoms with E-state index in [4.69, 9.17) is 10.5 Å². The van der Waals surface area contributed by atoms with Crippen molar-refractivity contribution in [2.75, 3.05) is 27.2 Å². The van der Waals surface area contributed by atoms with Gasteiger partial charge in [-0.2, -0.15) is 0 Å². The Morgan fingerprint density at radius 3 is 2.67 bits per heavy atom. The second-order valence-electron chi connectivity index (χ2n) is 5.04. The highest BCUT2D eigenvalue weighted by molar-refractivity contribution is 5.37. The second kappa shape index (κ2) is 7.39. The smallest absolute Gasteiger partial charge is 0.122 e. The normalized spacial score (nSPS) is 12.8. The maximum atomic E-state index is 5.65. The highest BCUT2D eigenvalue weighted by Crippen LogP contribution is 2.21. The summed E-state index contributed by atoms with van der Waals surface area (Å²) in [6, 6.07) is 6.44. The number of nitrogens with two attached hydrogens (primary N) is 1. The lowest BCUT2D eigenvalue weighted by atomic mass is 10.1. The van der Waals surface area contributed by atoms with Crippen molar-refractivity contribution in [2.24, 2.45) is 11.7 Å². The second-order valence-corrected chi connectivity index (χ2v) is 5.04. The van der Waals surface area contributed by atoms with Crippen molar-refractivity contribution in [3.8, 4) is 5.75 Å². The van der Waals surface area contributed by atoms with Crippen LogP contribution in [0.5, 0.6) is 5.75 Å². The highest BCUT2D eigenvalue weighted by atomic mass is 16.5. The lowest BCUT2D eigenvalue weighted by Gasteiger charge is -2.21. The summed E-state index contributed by atoms with van der Waals surface area (Å²) in [6.07, 6.45) is 1.000. The quantitative estimate of drug-likeness (QED) is 0.807. The predicted molar refractivity (Wildman–Crippen MR) is 76.9 cm³/mol. The summed E-state index contributed by atoms with van der Waals surface area (Å²) in [5.74, 6) is 1.53. The van der Waals surface area contributed by atoms with E-state index >= 15 is 0 Å². The number of hydrogen-bond acceptors (Lipinski definition) is 3. The lowest BCUT2D eigenvalue weighted by molar-refractivity contribution is 0.281. The Bertz CT molecular complexity index is 366. The summed E-state index contributed by atoms with van der Waals surface area (Å²) >= 11 is 0. The molecule has 2 N–H and O–H groups in total. The van der Waals surface area contributed by atoms with Gasteiger partial charge >= 0.3 is 0 Å². The van der Waals surface area contributed by atoms with E-state index in [1.807, 2.05) is 0 Å². The Morgan fingerprint density at radius 2 is 2.11 bits per heavy atom. The molecule has 1 unspecified atom stereocenters. The van der Waals surface area contributed by atoms with Crippen molar-refractivity contribution in [1.29, 1.82) is 0 Å². The highest BCUT2D eigenvalue weighted by Gasteiger charge is 2.07. The molecule has 0 bridgehead atoms. The molecule has 0 amide bonds. The number of methoxy groups -OCH3 is 1. The Kier molecular flexibility index (Phi) is 6.16. The van der Waals surface area contributed by atoms with E-state index in [1.165, 1.54) is 11.1 Å². The van der Waals surface area contributed by atoms with Crippen LogP contribution in [0.3, 0.4) is 0 Å². The zero-order chi connectivity index (χ0) is 13.5. The molecule has 1 atom stereocenters. The van der Waals surface area contributed by atoms with Gasteiger partial charge in [0, 0.05) is 13.1 Å². The molecule has 0 heterocycles. The maximum absolute atomic E-state index is 5.65. The SMILES string of the molecule is CCc1cc(CN(C)CC(C)CN)ccc1OC. The van der Waals surface area contributed by atoms with Crippen molar-refractivity contribution in [2.45, 2.75) is 26.8 Å². The molecule has 3 heteroatoms. The topological polar surface area (TPSA) is 38.5 Å². The van der Waals surface area contributed by atoms with Gasteiger partial charge in [0.15, 0.2) is 0 Å². The van der Waals surface area contributed by atoms with Crippen LogP contribution >= 0.6 is 0 Å². The van der Waals surface area contributed by atoms with Gasteiger partial charge in [0.2, 0.25) is 0 Å². The monoisotopic (exact) mass is 250 g/mol. The van der Waals surface area contributed by atoms with E-state index in [2.05, 4.69) is 44.0 Å². The molecular weight excluding hydrogens is 224 g/mol.